The van der Waals surface area contributed by atoms with Gasteiger partial charge in [0.25, 0.3) is 0 Å². The molecule has 0 aliphatic carbocycles. The second-order valence-electron chi connectivity index (χ2n) is 6.39. The molecule has 0 saturated heterocycles. The maximum Gasteiger partial charge on any atom is 0.573 e. The summed E-state index contributed by atoms with van der Waals surface area (Å²) in [5, 5.41) is 22.4. The van der Waals surface area contributed by atoms with Crippen LogP contribution in [0.2, 0.25) is 0 Å². The molecule has 0 fully saturated rings. The first-order chi connectivity index (χ1) is 14.2. The minimum atomic E-state index is -4.78. The molecule has 0 spiro atoms. The average molecular weight is 415 g/mol. The summed E-state index contributed by atoms with van der Waals surface area (Å²) in [4.78, 5) is 16.0. The average Bonchev–Trinajstić information content (AvgIpc) is 2.70. The number of benzene rings is 2. The summed E-state index contributed by atoms with van der Waals surface area (Å²) < 4.78 is 40.7. The Hall–Kier alpha value is -3.80. The van der Waals surface area contributed by atoms with Crippen LogP contribution < -0.4 is 10.1 Å². The number of pyridine rings is 1. The van der Waals surface area contributed by atoms with Gasteiger partial charge in [-0.2, -0.15) is 5.26 Å². The maximum absolute atomic E-state index is 12.3. The number of anilines is 1. The first-order valence-electron chi connectivity index (χ1n) is 8.89. The van der Waals surface area contributed by atoms with Gasteiger partial charge in [-0.25, -0.2) is 4.79 Å². The SMILES string of the molecule is CCc1cc(C#N)cc2c(NCc3ccc(OC(F)(F)F)cc3)c(C(=O)O)cnc12. The first kappa shape index (κ1) is 20.9. The number of fused-ring (bicyclic) bond motifs is 1. The van der Waals surface area contributed by atoms with Gasteiger partial charge in [-0.1, -0.05) is 19.1 Å². The molecule has 154 valence electrons. The third-order valence-corrected chi connectivity index (χ3v) is 4.42. The largest absolute Gasteiger partial charge is 0.573 e. The molecule has 3 rings (SSSR count). The van der Waals surface area contributed by atoms with Crippen LogP contribution in [0, 0.1) is 11.3 Å². The third kappa shape index (κ3) is 4.60. The minimum Gasteiger partial charge on any atom is -0.478 e. The monoisotopic (exact) mass is 415 g/mol. The molecule has 0 atom stereocenters. The van der Waals surface area contributed by atoms with Gasteiger partial charge in [-0.15, -0.1) is 13.2 Å². The van der Waals surface area contributed by atoms with E-state index in [0.29, 0.717) is 28.5 Å². The molecule has 3 aromatic rings. The number of aromatic nitrogens is 1. The highest BCUT2D eigenvalue weighted by Gasteiger charge is 2.30. The number of rotatable bonds is 6. The van der Waals surface area contributed by atoms with Crippen molar-refractivity contribution in [1.82, 2.24) is 4.98 Å². The molecule has 0 aliphatic rings. The number of nitrogens with zero attached hydrogens (tertiary/aromatic N) is 2. The van der Waals surface area contributed by atoms with Crippen molar-refractivity contribution in [3.05, 3.63) is 64.8 Å². The van der Waals surface area contributed by atoms with E-state index in [1.807, 2.05) is 6.92 Å². The zero-order chi connectivity index (χ0) is 21.9. The summed E-state index contributed by atoms with van der Waals surface area (Å²) in [6, 6.07) is 10.6. The van der Waals surface area contributed by atoms with E-state index < -0.39 is 12.3 Å². The summed E-state index contributed by atoms with van der Waals surface area (Å²) in [6.07, 6.45) is -2.93. The number of nitrogens with one attached hydrogen (secondary N) is 1. The quantitative estimate of drug-likeness (QED) is 0.596. The van der Waals surface area contributed by atoms with Crippen molar-refractivity contribution in [1.29, 1.82) is 5.26 Å². The van der Waals surface area contributed by atoms with Crippen molar-refractivity contribution in [3.8, 4) is 11.8 Å². The molecule has 1 heterocycles. The summed E-state index contributed by atoms with van der Waals surface area (Å²) in [6.45, 7) is 2.05. The van der Waals surface area contributed by atoms with Crippen molar-refractivity contribution in [2.24, 2.45) is 0 Å². The number of ether oxygens (including phenoxy) is 1. The Morgan fingerprint density at radius 1 is 1.27 bits per heavy atom. The molecule has 9 heteroatoms. The van der Waals surface area contributed by atoms with Crippen LogP contribution >= 0.6 is 0 Å². The summed E-state index contributed by atoms with van der Waals surface area (Å²) in [5.41, 5.74) is 2.58. The molecule has 0 amide bonds. The fourth-order valence-electron chi connectivity index (χ4n) is 3.06. The number of halogens is 3. The Morgan fingerprint density at radius 3 is 2.53 bits per heavy atom. The van der Waals surface area contributed by atoms with E-state index in [-0.39, 0.29) is 23.5 Å². The van der Waals surface area contributed by atoms with Gasteiger partial charge in [0.2, 0.25) is 0 Å². The standard InChI is InChI=1S/C21H16F3N3O3/c1-2-14-7-13(9-25)8-16-18(14)27-11-17(20(28)29)19(16)26-10-12-3-5-15(6-4-12)30-21(22,23)24/h3-8,11H,2,10H2,1H3,(H,26,27)(H,28,29). The lowest BCUT2D eigenvalue weighted by Gasteiger charge is -2.15. The number of hydrogen-bond donors (Lipinski definition) is 2. The van der Waals surface area contributed by atoms with Gasteiger partial charge in [0.15, 0.2) is 0 Å². The maximum atomic E-state index is 12.3. The molecule has 0 aliphatic heterocycles. The molecule has 0 saturated carbocycles. The van der Waals surface area contributed by atoms with E-state index in [0.717, 1.165) is 5.56 Å². The van der Waals surface area contributed by atoms with Crippen LogP contribution in [0.15, 0.2) is 42.6 Å². The molecule has 1 aromatic heterocycles. The fourth-order valence-corrected chi connectivity index (χ4v) is 3.06. The van der Waals surface area contributed by atoms with Gasteiger partial charge >= 0.3 is 12.3 Å². The summed E-state index contributed by atoms with van der Waals surface area (Å²) in [5.74, 6) is -1.54. The van der Waals surface area contributed by atoms with Gasteiger partial charge < -0.3 is 15.2 Å². The first-order valence-corrected chi connectivity index (χ1v) is 8.89. The lowest BCUT2D eigenvalue weighted by molar-refractivity contribution is -0.274. The summed E-state index contributed by atoms with van der Waals surface area (Å²) >= 11 is 0. The van der Waals surface area contributed by atoms with Crippen LogP contribution in [0.1, 0.15) is 34.0 Å². The van der Waals surface area contributed by atoms with E-state index in [1.165, 1.54) is 30.5 Å². The highest BCUT2D eigenvalue weighted by Crippen LogP contribution is 2.30. The zero-order valence-electron chi connectivity index (χ0n) is 15.7. The van der Waals surface area contributed by atoms with Crippen LogP contribution in [-0.2, 0) is 13.0 Å². The number of nitriles is 1. The Morgan fingerprint density at radius 2 is 1.97 bits per heavy atom. The number of aryl methyl sites for hydroxylation is 1. The van der Waals surface area contributed by atoms with Crippen molar-refractivity contribution >= 4 is 22.6 Å². The molecule has 0 radical (unpaired) electrons. The van der Waals surface area contributed by atoms with Crippen molar-refractivity contribution in [2.75, 3.05) is 5.32 Å². The van der Waals surface area contributed by atoms with Crippen molar-refractivity contribution in [3.63, 3.8) is 0 Å². The second kappa shape index (κ2) is 8.29. The van der Waals surface area contributed by atoms with Crippen molar-refractivity contribution in [2.45, 2.75) is 26.3 Å². The smallest absolute Gasteiger partial charge is 0.478 e. The Bertz CT molecular complexity index is 1140. The Balaban J connectivity index is 1.97. The molecule has 2 N–H and O–H groups in total. The van der Waals surface area contributed by atoms with Crippen LogP contribution in [0.25, 0.3) is 10.9 Å². The molecular weight excluding hydrogens is 399 g/mol. The second-order valence-corrected chi connectivity index (χ2v) is 6.39. The predicted molar refractivity (Wildman–Crippen MR) is 103 cm³/mol. The van der Waals surface area contributed by atoms with Crippen LogP contribution in [0.4, 0.5) is 18.9 Å². The van der Waals surface area contributed by atoms with Gasteiger partial charge in [0.1, 0.15) is 11.3 Å². The van der Waals surface area contributed by atoms with Crippen molar-refractivity contribution < 1.29 is 27.8 Å². The number of carboxylic acids is 1. The van der Waals surface area contributed by atoms with Crippen LogP contribution in [0.5, 0.6) is 5.75 Å². The molecule has 0 bridgehead atoms. The number of hydrogen-bond acceptors (Lipinski definition) is 5. The summed E-state index contributed by atoms with van der Waals surface area (Å²) in [7, 11) is 0. The predicted octanol–water partition coefficient (Wildman–Crippen LogP) is 4.88. The van der Waals surface area contributed by atoms with Crippen LogP contribution in [-0.4, -0.2) is 22.4 Å². The Labute approximate surface area is 169 Å². The zero-order valence-corrected chi connectivity index (χ0v) is 15.7. The third-order valence-electron chi connectivity index (χ3n) is 4.42. The highest BCUT2D eigenvalue weighted by atomic mass is 19.4. The van der Waals surface area contributed by atoms with Gasteiger partial charge in [-0.3, -0.25) is 4.98 Å². The molecule has 2 aromatic carbocycles. The topological polar surface area (TPSA) is 95.2 Å². The number of alkyl halides is 3. The van der Waals surface area contributed by atoms with Crippen LogP contribution in [0.3, 0.4) is 0 Å². The lowest BCUT2D eigenvalue weighted by Crippen LogP contribution is -2.17. The highest BCUT2D eigenvalue weighted by molar-refractivity contribution is 6.05. The van der Waals surface area contributed by atoms with E-state index in [2.05, 4.69) is 21.1 Å². The van der Waals surface area contributed by atoms with Gasteiger partial charge in [0.05, 0.1) is 22.8 Å². The van der Waals surface area contributed by atoms with E-state index in [1.54, 1.807) is 12.1 Å². The minimum absolute atomic E-state index is 0.0725. The van der Waals surface area contributed by atoms with E-state index in [9.17, 15) is 28.3 Å². The number of carbonyl (C=O) groups is 1. The lowest BCUT2D eigenvalue weighted by atomic mass is 10.0. The van der Waals surface area contributed by atoms with Gasteiger partial charge in [0, 0.05) is 18.1 Å². The molecular formula is C21H16F3N3O3. The number of aromatic carboxylic acids is 1. The van der Waals surface area contributed by atoms with E-state index in [4.69, 9.17) is 0 Å². The molecule has 0 unspecified atom stereocenters. The normalized spacial score (nSPS) is 11.2. The van der Waals surface area contributed by atoms with Gasteiger partial charge in [-0.05, 0) is 41.8 Å². The molecule has 30 heavy (non-hydrogen) atoms. The molecule has 6 nitrogen and oxygen atoms in total. The number of carboxylic acid groups (broad SMARTS) is 1. The Kier molecular flexibility index (Phi) is 5.78. The fraction of sp³-hybridized carbons (Fsp3) is 0.190. The van der Waals surface area contributed by atoms with E-state index >= 15 is 0 Å².